The molecule has 0 radical (unpaired) electrons. The van der Waals surface area contributed by atoms with Crippen LogP contribution >= 0.6 is 0 Å². The van der Waals surface area contributed by atoms with Crippen molar-refractivity contribution in [3.05, 3.63) is 47.0 Å². The normalized spacial score (nSPS) is 17.0. The van der Waals surface area contributed by atoms with Crippen LogP contribution in [0.4, 0.5) is 4.39 Å². The zero-order chi connectivity index (χ0) is 18.7. The molecule has 1 aliphatic heterocycles. The van der Waals surface area contributed by atoms with Crippen LogP contribution in [0, 0.1) is 18.7 Å². The first-order valence-corrected chi connectivity index (χ1v) is 9.20. The molecule has 1 N–H and O–H groups in total. The van der Waals surface area contributed by atoms with Gasteiger partial charge in [-0.05, 0) is 56.4 Å². The molecule has 5 nitrogen and oxygen atoms in total. The molecule has 0 spiro atoms. The van der Waals surface area contributed by atoms with Crippen molar-refractivity contribution in [2.24, 2.45) is 5.92 Å². The van der Waals surface area contributed by atoms with E-state index in [0.717, 1.165) is 36.5 Å². The van der Waals surface area contributed by atoms with Crippen LogP contribution in [0.1, 0.15) is 48.4 Å². The van der Waals surface area contributed by atoms with E-state index in [-0.39, 0.29) is 17.8 Å². The Bertz CT molecular complexity index is 762. The second-order valence-corrected chi connectivity index (χ2v) is 7.24. The second-order valence-electron chi connectivity index (χ2n) is 7.24. The summed E-state index contributed by atoms with van der Waals surface area (Å²) in [6.07, 6.45) is 2.82. The average Bonchev–Trinajstić information content (AvgIpc) is 3.21. The first kappa shape index (κ1) is 18.6. The molecule has 140 valence electrons. The number of aromatic nitrogens is 2. The van der Waals surface area contributed by atoms with Crippen molar-refractivity contribution in [3.8, 4) is 5.69 Å². The number of rotatable bonds is 6. The molecule has 26 heavy (non-hydrogen) atoms. The molecule has 1 aromatic heterocycles. The molecular weight excluding hydrogens is 333 g/mol. The van der Waals surface area contributed by atoms with Crippen LogP contribution in [0.25, 0.3) is 5.69 Å². The topological polar surface area (TPSA) is 56.1 Å². The highest BCUT2D eigenvalue weighted by atomic mass is 19.1. The van der Waals surface area contributed by atoms with E-state index in [0.29, 0.717) is 24.4 Å². The van der Waals surface area contributed by atoms with E-state index < -0.39 is 0 Å². The van der Waals surface area contributed by atoms with Gasteiger partial charge in [-0.2, -0.15) is 5.10 Å². The van der Waals surface area contributed by atoms with Gasteiger partial charge in [-0.1, -0.05) is 13.8 Å². The Kier molecular flexibility index (Phi) is 5.71. The number of carbonyl (C=O) groups is 1. The quantitative estimate of drug-likeness (QED) is 0.860. The van der Waals surface area contributed by atoms with Crippen LogP contribution < -0.4 is 5.32 Å². The number of hydrogen-bond acceptors (Lipinski definition) is 3. The fraction of sp³-hybridized carbons (Fsp3) is 0.500. The van der Waals surface area contributed by atoms with Gasteiger partial charge in [-0.15, -0.1) is 0 Å². The maximum atomic E-state index is 13.2. The minimum atomic E-state index is -0.296. The molecule has 2 heterocycles. The smallest absolute Gasteiger partial charge is 0.255 e. The Balaban J connectivity index is 1.88. The van der Waals surface area contributed by atoms with Gasteiger partial charge in [0.1, 0.15) is 5.82 Å². The van der Waals surface area contributed by atoms with Crippen molar-refractivity contribution in [2.75, 3.05) is 13.2 Å². The average molecular weight is 359 g/mol. The summed E-state index contributed by atoms with van der Waals surface area (Å²) in [6, 6.07) is 6.14. The fourth-order valence-corrected chi connectivity index (χ4v) is 3.32. The third-order valence-corrected chi connectivity index (χ3v) is 4.60. The summed E-state index contributed by atoms with van der Waals surface area (Å²) >= 11 is 0. The molecule has 1 aromatic carbocycles. The van der Waals surface area contributed by atoms with Crippen LogP contribution in [-0.4, -0.2) is 34.9 Å². The van der Waals surface area contributed by atoms with Crippen molar-refractivity contribution in [2.45, 2.75) is 46.1 Å². The Labute approximate surface area is 153 Å². The van der Waals surface area contributed by atoms with Gasteiger partial charge in [-0.3, -0.25) is 4.79 Å². The predicted octanol–water partition coefficient (Wildman–Crippen LogP) is 3.43. The summed E-state index contributed by atoms with van der Waals surface area (Å²) in [6.45, 7) is 7.35. The summed E-state index contributed by atoms with van der Waals surface area (Å²) in [7, 11) is 0. The minimum Gasteiger partial charge on any atom is -0.376 e. The van der Waals surface area contributed by atoms with Crippen LogP contribution in [0.5, 0.6) is 0 Å². The van der Waals surface area contributed by atoms with Crippen LogP contribution in [-0.2, 0) is 11.2 Å². The van der Waals surface area contributed by atoms with Crippen molar-refractivity contribution in [3.63, 3.8) is 0 Å². The number of ether oxygens (including phenoxy) is 1. The Hall–Kier alpha value is -2.21. The first-order valence-electron chi connectivity index (χ1n) is 9.20. The van der Waals surface area contributed by atoms with E-state index in [1.165, 1.54) is 12.1 Å². The molecule has 0 bridgehead atoms. The SMILES string of the molecule is Cc1c(C(=O)NC[C@H]2CCCO2)c(CC(C)C)nn1-c1ccc(F)cc1. The molecule has 2 aromatic rings. The Morgan fingerprint density at radius 1 is 1.38 bits per heavy atom. The Morgan fingerprint density at radius 3 is 2.73 bits per heavy atom. The fourth-order valence-electron chi connectivity index (χ4n) is 3.32. The van der Waals surface area contributed by atoms with Crippen molar-refractivity contribution < 1.29 is 13.9 Å². The van der Waals surface area contributed by atoms with E-state index >= 15 is 0 Å². The number of nitrogens with one attached hydrogen (secondary N) is 1. The summed E-state index contributed by atoms with van der Waals surface area (Å²) in [4.78, 5) is 12.8. The lowest BCUT2D eigenvalue weighted by molar-refractivity contribution is 0.0856. The second kappa shape index (κ2) is 7.99. The molecule has 0 aliphatic carbocycles. The minimum absolute atomic E-state index is 0.0972. The van der Waals surface area contributed by atoms with Gasteiger partial charge in [-0.25, -0.2) is 9.07 Å². The van der Waals surface area contributed by atoms with Gasteiger partial charge in [0, 0.05) is 13.2 Å². The predicted molar refractivity (Wildman–Crippen MR) is 98.1 cm³/mol. The summed E-state index contributed by atoms with van der Waals surface area (Å²) in [5.74, 6) is -0.0480. The highest BCUT2D eigenvalue weighted by Crippen LogP contribution is 2.21. The molecule has 1 fully saturated rings. The molecule has 0 saturated carbocycles. The van der Waals surface area contributed by atoms with E-state index in [2.05, 4.69) is 24.3 Å². The lowest BCUT2D eigenvalue weighted by Gasteiger charge is -2.12. The summed E-state index contributed by atoms with van der Waals surface area (Å²) in [5, 5.41) is 7.64. The number of amides is 1. The number of carbonyl (C=O) groups excluding carboxylic acids is 1. The summed E-state index contributed by atoms with van der Waals surface area (Å²) < 4.78 is 20.5. The van der Waals surface area contributed by atoms with E-state index in [9.17, 15) is 9.18 Å². The van der Waals surface area contributed by atoms with Crippen LogP contribution in [0.3, 0.4) is 0 Å². The number of hydrogen-bond donors (Lipinski definition) is 1. The van der Waals surface area contributed by atoms with Crippen LogP contribution in [0.15, 0.2) is 24.3 Å². The molecule has 1 atom stereocenters. The highest BCUT2D eigenvalue weighted by Gasteiger charge is 2.24. The standard InChI is InChI=1S/C20H26FN3O2/c1-13(2)11-18-19(20(25)22-12-17-5-4-10-26-17)14(3)24(23-18)16-8-6-15(21)7-9-16/h6-9,13,17H,4-5,10-12H2,1-3H3,(H,22,25)/t17-/m1/s1. The molecule has 1 amide bonds. The maximum Gasteiger partial charge on any atom is 0.255 e. The molecular formula is C20H26FN3O2. The highest BCUT2D eigenvalue weighted by molar-refractivity contribution is 5.96. The van der Waals surface area contributed by atoms with Gasteiger partial charge in [0.05, 0.1) is 28.7 Å². The molecule has 0 unspecified atom stereocenters. The van der Waals surface area contributed by atoms with Crippen molar-refractivity contribution in [1.82, 2.24) is 15.1 Å². The van der Waals surface area contributed by atoms with Crippen molar-refractivity contribution in [1.29, 1.82) is 0 Å². The molecule has 3 rings (SSSR count). The van der Waals surface area contributed by atoms with E-state index in [4.69, 9.17) is 4.74 Å². The maximum absolute atomic E-state index is 13.2. The van der Waals surface area contributed by atoms with Gasteiger partial charge in [0.25, 0.3) is 5.91 Å². The van der Waals surface area contributed by atoms with Gasteiger partial charge < -0.3 is 10.1 Å². The third-order valence-electron chi connectivity index (χ3n) is 4.60. The number of benzene rings is 1. The first-order chi connectivity index (χ1) is 12.5. The zero-order valence-electron chi connectivity index (χ0n) is 15.6. The monoisotopic (exact) mass is 359 g/mol. The van der Waals surface area contributed by atoms with E-state index in [1.54, 1.807) is 16.8 Å². The van der Waals surface area contributed by atoms with Crippen molar-refractivity contribution >= 4 is 5.91 Å². The molecule has 1 aliphatic rings. The Morgan fingerprint density at radius 2 is 2.12 bits per heavy atom. The van der Waals surface area contributed by atoms with Crippen LogP contribution in [0.2, 0.25) is 0 Å². The lowest BCUT2D eigenvalue weighted by Crippen LogP contribution is -2.32. The van der Waals surface area contributed by atoms with Gasteiger partial charge >= 0.3 is 0 Å². The number of halogens is 1. The molecule has 6 heteroatoms. The lowest BCUT2D eigenvalue weighted by atomic mass is 10.0. The third kappa shape index (κ3) is 4.12. The molecule has 1 saturated heterocycles. The van der Waals surface area contributed by atoms with Gasteiger partial charge in [0.2, 0.25) is 0 Å². The number of nitrogens with zero attached hydrogens (tertiary/aromatic N) is 2. The van der Waals surface area contributed by atoms with Gasteiger partial charge in [0.15, 0.2) is 0 Å². The summed E-state index contributed by atoms with van der Waals surface area (Å²) in [5.41, 5.74) is 2.89. The van der Waals surface area contributed by atoms with E-state index in [1.807, 2.05) is 6.92 Å². The largest absolute Gasteiger partial charge is 0.376 e. The zero-order valence-corrected chi connectivity index (χ0v) is 15.6.